The number of aromatic nitrogens is 1. The number of benzene rings is 2. The van der Waals surface area contributed by atoms with E-state index in [1.165, 1.54) is 23.9 Å². The van der Waals surface area contributed by atoms with Crippen LogP contribution in [-0.4, -0.2) is 42.8 Å². The van der Waals surface area contributed by atoms with Crippen LogP contribution in [0.3, 0.4) is 0 Å². The summed E-state index contributed by atoms with van der Waals surface area (Å²) in [4.78, 5) is 14.6. The van der Waals surface area contributed by atoms with Crippen LogP contribution in [0.4, 0.5) is 0 Å². The number of aryl methyl sites for hydroxylation is 1. The lowest BCUT2D eigenvalue weighted by atomic mass is 10.1. The molecule has 2 aromatic carbocycles. The normalized spacial score (nSPS) is 11.1. The second-order valence-corrected chi connectivity index (χ2v) is 7.76. The summed E-state index contributed by atoms with van der Waals surface area (Å²) in [6, 6.07) is 20.4. The van der Waals surface area contributed by atoms with Crippen molar-refractivity contribution in [3.05, 3.63) is 94.8 Å². The molecule has 0 amide bonds. The predicted molar refractivity (Wildman–Crippen MR) is 123 cm³/mol. The molecule has 0 saturated carbocycles. The first-order chi connectivity index (χ1) is 15.1. The maximum atomic E-state index is 12.2. The van der Waals surface area contributed by atoms with Crippen LogP contribution < -0.4 is 0 Å². The summed E-state index contributed by atoms with van der Waals surface area (Å²) in [5.74, 6) is -0.296. The van der Waals surface area contributed by atoms with Crippen molar-refractivity contribution in [3.8, 4) is 0 Å². The lowest BCUT2D eigenvalue weighted by Gasteiger charge is -2.24. The van der Waals surface area contributed by atoms with E-state index in [2.05, 4.69) is 59.0 Å². The van der Waals surface area contributed by atoms with Crippen LogP contribution in [0.15, 0.2) is 66.9 Å². The first kappa shape index (κ1) is 22.8. The molecule has 3 aromatic rings. The minimum Gasteiger partial charge on any atom is -0.465 e. The number of hydrogen-bond acceptors (Lipinski definition) is 4. The Kier molecular flexibility index (Phi) is 8.44. The molecule has 1 aromatic heterocycles. The van der Waals surface area contributed by atoms with Gasteiger partial charge in [-0.25, -0.2) is 4.79 Å². The van der Waals surface area contributed by atoms with Gasteiger partial charge in [-0.1, -0.05) is 42.5 Å². The smallest absolute Gasteiger partial charge is 0.338 e. The highest BCUT2D eigenvalue weighted by molar-refractivity contribution is 5.90. The third-order valence-electron chi connectivity index (χ3n) is 5.55. The lowest BCUT2D eigenvalue weighted by molar-refractivity contribution is 0.0598. The number of carbonyl (C=O) groups excluding carboxylic acids is 1. The molecule has 0 saturated heterocycles. The molecular weight excluding hydrogens is 388 g/mol. The predicted octanol–water partition coefficient (Wildman–Crippen LogP) is 4.67. The van der Waals surface area contributed by atoms with Crippen LogP contribution in [0, 0.1) is 6.92 Å². The largest absolute Gasteiger partial charge is 0.465 e. The number of ether oxygens (including phenoxy) is 2. The molecule has 0 bridgehead atoms. The molecular formula is C26H32N2O3. The number of carbonyl (C=O) groups is 1. The molecule has 0 fully saturated rings. The van der Waals surface area contributed by atoms with Crippen LogP contribution in [0.1, 0.15) is 39.2 Å². The van der Waals surface area contributed by atoms with Gasteiger partial charge in [0.1, 0.15) is 0 Å². The van der Waals surface area contributed by atoms with E-state index in [0.29, 0.717) is 18.7 Å². The molecule has 164 valence electrons. The minimum absolute atomic E-state index is 0.296. The first-order valence-electron chi connectivity index (χ1n) is 10.7. The van der Waals surface area contributed by atoms with Gasteiger partial charge in [-0.05, 0) is 48.2 Å². The lowest BCUT2D eigenvalue weighted by Crippen LogP contribution is -2.27. The van der Waals surface area contributed by atoms with Crippen LogP contribution in [0.5, 0.6) is 0 Å². The van der Waals surface area contributed by atoms with Crippen molar-refractivity contribution in [2.24, 2.45) is 0 Å². The Balaban J connectivity index is 1.79. The van der Waals surface area contributed by atoms with Crippen molar-refractivity contribution in [1.82, 2.24) is 9.47 Å². The van der Waals surface area contributed by atoms with Gasteiger partial charge in [0.05, 0.1) is 12.7 Å². The molecule has 0 radical (unpaired) electrons. The number of hydrogen-bond donors (Lipinski definition) is 0. The summed E-state index contributed by atoms with van der Waals surface area (Å²) in [5.41, 5.74) is 5.46. The molecule has 0 spiro atoms. The zero-order valence-corrected chi connectivity index (χ0v) is 18.7. The summed E-state index contributed by atoms with van der Waals surface area (Å²) >= 11 is 0. The SMILES string of the molecule is COCCCN(Cc1ccccc1C(=O)OC)Cc1cccn1Cc1ccccc1C. The molecule has 0 aliphatic rings. The second kappa shape index (κ2) is 11.5. The Morgan fingerprint density at radius 2 is 1.68 bits per heavy atom. The van der Waals surface area contributed by atoms with Gasteiger partial charge in [-0.3, -0.25) is 4.90 Å². The van der Waals surface area contributed by atoms with Crippen molar-refractivity contribution in [2.45, 2.75) is 33.0 Å². The molecule has 31 heavy (non-hydrogen) atoms. The molecule has 0 aliphatic heterocycles. The Morgan fingerprint density at radius 1 is 0.935 bits per heavy atom. The van der Waals surface area contributed by atoms with Gasteiger partial charge in [-0.15, -0.1) is 0 Å². The summed E-state index contributed by atoms with van der Waals surface area (Å²) < 4.78 is 12.5. The second-order valence-electron chi connectivity index (χ2n) is 7.76. The van der Waals surface area contributed by atoms with Crippen molar-refractivity contribution < 1.29 is 14.3 Å². The van der Waals surface area contributed by atoms with E-state index < -0.39 is 0 Å². The zero-order chi connectivity index (χ0) is 22.1. The third-order valence-corrected chi connectivity index (χ3v) is 5.55. The van der Waals surface area contributed by atoms with Crippen molar-refractivity contribution in [2.75, 3.05) is 27.4 Å². The number of methoxy groups -OCH3 is 2. The fraction of sp³-hybridized carbons (Fsp3) is 0.346. The standard InChI is InChI=1S/C26H32N2O3/c1-21-10-4-5-11-22(21)19-28-16-8-13-24(28)20-27(15-9-17-30-2)18-23-12-6-7-14-25(23)26(29)31-3/h4-8,10-14,16H,9,15,17-20H2,1-3H3. The average molecular weight is 421 g/mol. The van der Waals surface area contributed by atoms with E-state index in [-0.39, 0.29) is 5.97 Å². The molecule has 5 heteroatoms. The molecule has 0 unspecified atom stereocenters. The topological polar surface area (TPSA) is 43.7 Å². The summed E-state index contributed by atoms with van der Waals surface area (Å²) in [5, 5.41) is 0. The van der Waals surface area contributed by atoms with Crippen LogP contribution >= 0.6 is 0 Å². The Labute approximate surface area is 185 Å². The number of rotatable bonds is 11. The highest BCUT2D eigenvalue weighted by Crippen LogP contribution is 2.18. The maximum absolute atomic E-state index is 12.2. The van der Waals surface area contributed by atoms with E-state index in [1.807, 2.05) is 24.3 Å². The van der Waals surface area contributed by atoms with Crippen LogP contribution in [0.25, 0.3) is 0 Å². The summed E-state index contributed by atoms with van der Waals surface area (Å²) in [6.07, 6.45) is 3.06. The van der Waals surface area contributed by atoms with E-state index in [9.17, 15) is 4.79 Å². The van der Waals surface area contributed by atoms with Gasteiger partial charge in [0.2, 0.25) is 0 Å². The van der Waals surface area contributed by atoms with E-state index in [1.54, 1.807) is 7.11 Å². The van der Waals surface area contributed by atoms with Gasteiger partial charge >= 0.3 is 5.97 Å². The van der Waals surface area contributed by atoms with Crippen molar-refractivity contribution >= 4 is 5.97 Å². The van der Waals surface area contributed by atoms with Gasteiger partial charge in [0.25, 0.3) is 0 Å². The molecule has 1 heterocycles. The molecule has 5 nitrogen and oxygen atoms in total. The van der Waals surface area contributed by atoms with Crippen LogP contribution in [0.2, 0.25) is 0 Å². The fourth-order valence-electron chi connectivity index (χ4n) is 3.80. The summed E-state index contributed by atoms with van der Waals surface area (Å²) in [7, 11) is 3.15. The van der Waals surface area contributed by atoms with E-state index in [0.717, 1.165) is 31.6 Å². The average Bonchev–Trinajstić information content (AvgIpc) is 3.21. The highest BCUT2D eigenvalue weighted by atomic mass is 16.5. The van der Waals surface area contributed by atoms with Crippen molar-refractivity contribution in [3.63, 3.8) is 0 Å². The fourth-order valence-corrected chi connectivity index (χ4v) is 3.80. The Hall–Kier alpha value is -2.89. The van der Waals surface area contributed by atoms with Crippen LogP contribution in [-0.2, 0) is 29.1 Å². The monoisotopic (exact) mass is 420 g/mol. The first-order valence-corrected chi connectivity index (χ1v) is 10.7. The maximum Gasteiger partial charge on any atom is 0.338 e. The van der Waals surface area contributed by atoms with Gasteiger partial charge in [0, 0.05) is 51.8 Å². The molecule has 0 N–H and O–H groups in total. The molecule has 0 atom stereocenters. The minimum atomic E-state index is -0.296. The number of nitrogens with zero attached hydrogens (tertiary/aromatic N) is 2. The van der Waals surface area contributed by atoms with Gasteiger partial charge < -0.3 is 14.0 Å². The quantitative estimate of drug-likeness (QED) is 0.334. The zero-order valence-electron chi connectivity index (χ0n) is 18.7. The summed E-state index contributed by atoms with van der Waals surface area (Å²) in [6.45, 7) is 6.04. The van der Waals surface area contributed by atoms with E-state index in [4.69, 9.17) is 9.47 Å². The molecule has 0 aliphatic carbocycles. The molecule has 3 rings (SSSR count). The van der Waals surface area contributed by atoms with Crippen molar-refractivity contribution in [1.29, 1.82) is 0 Å². The van der Waals surface area contributed by atoms with Gasteiger partial charge in [0.15, 0.2) is 0 Å². The van der Waals surface area contributed by atoms with E-state index >= 15 is 0 Å². The van der Waals surface area contributed by atoms with Gasteiger partial charge in [-0.2, -0.15) is 0 Å². The highest BCUT2D eigenvalue weighted by Gasteiger charge is 2.16. The number of esters is 1. The Morgan fingerprint density at radius 3 is 2.42 bits per heavy atom. The third kappa shape index (κ3) is 6.29. The Bertz CT molecular complexity index is 980.